The molecule has 2 aliphatic heterocycles. The van der Waals surface area contributed by atoms with Crippen LogP contribution in [0.25, 0.3) is 0 Å². The Kier molecular flexibility index (Phi) is 3.42. The van der Waals surface area contributed by atoms with Crippen molar-refractivity contribution in [3.63, 3.8) is 0 Å². The third-order valence-electron chi connectivity index (χ3n) is 4.16. The summed E-state index contributed by atoms with van der Waals surface area (Å²) in [6, 6.07) is 5.26. The molecule has 2 amide bonds. The summed E-state index contributed by atoms with van der Waals surface area (Å²) < 4.78 is 0.824. The number of nitrogens with one attached hydrogen (secondary N) is 1. The van der Waals surface area contributed by atoms with Crippen LogP contribution in [0, 0.1) is 5.41 Å². The van der Waals surface area contributed by atoms with Gasteiger partial charge in [-0.1, -0.05) is 22.9 Å². The van der Waals surface area contributed by atoms with Crippen molar-refractivity contribution in [2.75, 3.05) is 19.6 Å². The molecule has 1 aromatic rings. The molecule has 5 heteroatoms. The number of hydrogen-bond donors (Lipinski definition) is 1. The predicted octanol–water partition coefficient (Wildman–Crippen LogP) is 2.43. The lowest BCUT2D eigenvalue weighted by Gasteiger charge is -2.36. The fourth-order valence-electron chi connectivity index (χ4n) is 3.04. The Morgan fingerprint density at radius 2 is 2.05 bits per heavy atom. The quantitative estimate of drug-likeness (QED) is 0.844. The second-order valence-corrected chi connectivity index (χ2v) is 6.89. The summed E-state index contributed by atoms with van der Waals surface area (Å²) in [6.07, 6.45) is 2.13. The predicted molar refractivity (Wildman–Crippen MR) is 79.7 cm³/mol. The van der Waals surface area contributed by atoms with Crippen LogP contribution in [0.3, 0.4) is 0 Å². The van der Waals surface area contributed by atoms with Gasteiger partial charge in [-0.05, 0) is 43.0 Å². The third kappa shape index (κ3) is 2.29. The number of carbonyl (C=O) groups is 2. The minimum Gasteiger partial charge on any atom is -0.316 e. The van der Waals surface area contributed by atoms with Crippen molar-refractivity contribution in [1.82, 2.24) is 10.2 Å². The lowest BCUT2D eigenvalue weighted by molar-refractivity contribution is 0.0555. The lowest BCUT2D eigenvalue weighted by Crippen LogP contribution is -2.47. The van der Waals surface area contributed by atoms with Crippen molar-refractivity contribution in [3.8, 4) is 0 Å². The van der Waals surface area contributed by atoms with Crippen LogP contribution in [0.15, 0.2) is 22.7 Å². The molecule has 0 aromatic heterocycles. The number of hydrogen-bond acceptors (Lipinski definition) is 3. The molecular formula is C15H17BrN2O2. The van der Waals surface area contributed by atoms with E-state index in [0.29, 0.717) is 17.7 Å². The van der Waals surface area contributed by atoms with Gasteiger partial charge in [0.15, 0.2) is 0 Å². The van der Waals surface area contributed by atoms with Gasteiger partial charge >= 0.3 is 0 Å². The van der Waals surface area contributed by atoms with Crippen molar-refractivity contribution < 1.29 is 9.59 Å². The van der Waals surface area contributed by atoms with Gasteiger partial charge in [0.05, 0.1) is 11.1 Å². The number of amides is 2. The molecule has 0 aliphatic carbocycles. The summed E-state index contributed by atoms with van der Waals surface area (Å²) in [5.41, 5.74) is 1.00. The standard InChI is InChI=1S/C15H17BrN2O2/c1-15(5-2-6-17-8-15)9-18-13(19)11-4-3-10(16)7-12(11)14(18)20/h3-4,7,17H,2,5-6,8-9H2,1H3. The Balaban J connectivity index is 1.86. The maximum atomic E-state index is 12.4. The maximum absolute atomic E-state index is 12.4. The van der Waals surface area contributed by atoms with E-state index in [1.165, 1.54) is 4.90 Å². The van der Waals surface area contributed by atoms with Crippen molar-refractivity contribution in [2.45, 2.75) is 19.8 Å². The monoisotopic (exact) mass is 336 g/mol. The Morgan fingerprint density at radius 1 is 1.30 bits per heavy atom. The second-order valence-electron chi connectivity index (χ2n) is 5.98. The van der Waals surface area contributed by atoms with Crippen molar-refractivity contribution >= 4 is 27.7 Å². The highest BCUT2D eigenvalue weighted by atomic mass is 79.9. The first-order chi connectivity index (χ1) is 9.50. The molecule has 3 rings (SSSR count). The van der Waals surface area contributed by atoms with E-state index in [0.717, 1.165) is 30.4 Å². The highest BCUT2D eigenvalue weighted by molar-refractivity contribution is 9.10. The van der Waals surface area contributed by atoms with Crippen LogP contribution in [-0.4, -0.2) is 36.3 Å². The first-order valence-corrected chi connectivity index (χ1v) is 7.66. The van der Waals surface area contributed by atoms with Crippen LogP contribution in [-0.2, 0) is 0 Å². The summed E-state index contributed by atoms with van der Waals surface area (Å²) in [6.45, 7) is 4.50. The minimum atomic E-state index is -0.168. The van der Waals surface area contributed by atoms with E-state index in [1.54, 1.807) is 18.2 Å². The highest BCUT2D eigenvalue weighted by Crippen LogP contribution is 2.32. The average molecular weight is 337 g/mol. The van der Waals surface area contributed by atoms with Gasteiger partial charge in [-0.3, -0.25) is 14.5 Å². The normalized spacial score (nSPS) is 26.0. The highest BCUT2D eigenvalue weighted by Gasteiger charge is 2.40. The zero-order chi connectivity index (χ0) is 14.3. The molecule has 2 heterocycles. The topological polar surface area (TPSA) is 49.4 Å². The van der Waals surface area contributed by atoms with Gasteiger partial charge in [0, 0.05) is 17.6 Å². The maximum Gasteiger partial charge on any atom is 0.261 e. The van der Waals surface area contributed by atoms with Crippen LogP contribution in [0.5, 0.6) is 0 Å². The average Bonchev–Trinajstić information content (AvgIpc) is 2.64. The summed E-state index contributed by atoms with van der Waals surface area (Å²) >= 11 is 3.35. The molecule has 0 radical (unpaired) electrons. The van der Waals surface area contributed by atoms with Crippen molar-refractivity contribution in [2.24, 2.45) is 5.41 Å². The van der Waals surface area contributed by atoms with Gasteiger partial charge in [-0.15, -0.1) is 0 Å². The largest absolute Gasteiger partial charge is 0.316 e. The van der Waals surface area contributed by atoms with E-state index in [-0.39, 0.29) is 17.2 Å². The number of imide groups is 1. The summed E-state index contributed by atoms with van der Waals surface area (Å²) in [5.74, 6) is -0.331. The van der Waals surface area contributed by atoms with Gasteiger partial charge in [-0.2, -0.15) is 0 Å². The molecule has 0 bridgehead atoms. The van der Waals surface area contributed by atoms with E-state index in [9.17, 15) is 9.59 Å². The molecule has 2 aliphatic rings. The van der Waals surface area contributed by atoms with Gasteiger partial charge in [-0.25, -0.2) is 0 Å². The van der Waals surface area contributed by atoms with E-state index in [1.807, 2.05) is 0 Å². The fourth-order valence-corrected chi connectivity index (χ4v) is 3.40. The molecule has 20 heavy (non-hydrogen) atoms. The molecule has 1 unspecified atom stereocenters. The number of carbonyl (C=O) groups excluding carboxylic acids is 2. The van der Waals surface area contributed by atoms with Gasteiger partial charge in [0.1, 0.15) is 0 Å². The number of piperidine rings is 1. The first-order valence-electron chi connectivity index (χ1n) is 6.87. The van der Waals surface area contributed by atoms with Crippen LogP contribution < -0.4 is 5.32 Å². The zero-order valence-electron chi connectivity index (χ0n) is 11.4. The van der Waals surface area contributed by atoms with Crippen LogP contribution in [0.4, 0.5) is 0 Å². The minimum absolute atomic E-state index is 0.0250. The Bertz CT molecular complexity index is 579. The SMILES string of the molecule is CC1(CN2C(=O)c3ccc(Br)cc3C2=O)CCCNC1. The molecule has 106 valence electrons. The third-order valence-corrected chi connectivity index (χ3v) is 4.65. The molecule has 0 saturated carbocycles. The van der Waals surface area contributed by atoms with Crippen LogP contribution in [0.1, 0.15) is 40.5 Å². The summed E-state index contributed by atoms with van der Waals surface area (Å²) in [5, 5.41) is 3.35. The molecule has 1 atom stereocenters. The number of nitrogens with zero attached hydrogens (tertiary/aromatic N) is 1. The number of rotatable bonds is 2. The molecule has 4 nitrogen and oxygen atoms in total. The Morgan fingerprint density at radius 3 is 2.75 bits per heavy atom. The van der Waals surface area contributed by atoms with Crippen LogP contribution >= 0.6 is 15.9 Å². The van der Waals surface area contributed by atoms with E-state index < -0.39 is 0 Å². The van der Waals surface area contributed by atoms with Crippen LogP contribution in [0.2, 0.25) is 0 Å². The van der Waals surface area contributed by atoms with E-state index in [2.05, 4.69) is 28.2 Å². The molecule has 1 aromatic carbocycles. The zero-order valence-corrected chi connectivity index (χ0v) is 13.0. The molecule has 0 spiro atoms. The van der Waals surface area contributed by atoms with Gasteiger partial charge in [0.25, 0.3) is 11.8 Å². The van der Waals surface area contributed by atoms with E-state index >= 15 is 0 Å². The molecule has 1 saturated heterocycles. The van der Waals surface area contributed by atoms with Crippen molar-refractivity contribution in [1.29, 1.82) is 0 Å². The Hall–Kier alpha value is -1.20. The molecule has 1 N–H and O–H groups in total. The Labute approximate surface area is 126 Å². The summed E-state index contributed by atoms with van der Waals surface area (Å²) in [4.78, 5) is 26.2. The number of fused-ring (bicyclic) bond motifs is 1. The smallest absolute Gasteiger partial charge is 0.261 e. The van der Waals surface area contributed by atoms with E-state index in [4.69, 9.17) is 0 Å². The van der Waals surface area contributed by atoms with Gasteiger partial charge in [0.2, 0.25) is 0 Å². The lowest BCUT2D eigenvalue weighted by atomic mass is 9.82. The van der Waals surface area contributed by atoms with Crippen molar-refractivity contribution in [3.05, 3.63) is 33.8 Å². The summed E-state index contributed by atoms with van der Waals surface area (Å²) in [7, 11) is 0. The fraction of sp³-hybridized carbons (Fsp3) is 0.467. The number of benzene rings is 1. The second kappa shape index (κ2) is 4.97. The molecule has 1 fully saturated rings. The van der Waals surface area contributed by atoms with Gasteiger partial charge < -0.3 is 5.32 Å². The first kappa shape index (κ1) is 13.8. The molecular weight excluding hydrogens is 320 g/mol. The number of halogens is 1.